The summed E-state index contributed by atoms with van der Waals surface area (Å²) in [5.41, 5.74) is 2.49. The Morgan fingerprint density at radius 2 is 1.90 bits per heavy atom. The molecular weight excluding hydrogens is 396 g/mol. The second kappa shape index (κ2) is 10.5. The molecule has 2 aromatic rings. The van der Waals surface area contributed by atoms with E-state index in [2.05, 4.69) is 5.32 Å². The van der Waals surface area contributed by atoms with Gasteiger partial charge in [0.05, 0.1) is 26.9 Å². The van der Waals surface area contributed by atoms with E-state index >= 15 is 0 Å². The molecule has 0 aromatic heterocycles. The molecule has 7 nitrogen and oxygen atoms in total. The van der Waals surface area contributed by atoms with Gasteiger partial charge in [0.2, 0.25) is 0 Å². The maximum atomic E-state index is 13.0. The van der Waals surface area contributed by atoms with Gasteiger partial charge >= 0.3 is 12.0 Å². The lowest BCUT2D eigenvalue weighted by Gasteiger charge is -2.26. The van der Waals surface area contributed by atoms with Crippen molar-refractivity contribution < 1.29 is 23.8 Å². The molecule has 2 aromatic carbocycles. The van der Waals surface area contributed by atoms with E-state index in [-0.39, 0.29) is 18.0 Å². The average molecular weight is 424 g/mol. The number of ether oxygens (including phenoxy) is 3. The van der Waals surface area contributed by atoms with E-state index < -0.39 is 0 Å². The van der Waals surface area contributed by atoms with Crippen LogP contribution >= 0.6 is 0 Å². The van der Waals surface area contributed by atoms with Gasteiger partial charge in [0.25, 0.3) is 0 Å². The van der Waals surface area contributed by atoms with E-state index in [9.17, 15) is 9.59 Å². The number of nitrogens with zero attached hydrogens (tertiary/aromatic N) is 1. The molecule has 3 rings (SSSR count). The van der Waals surface area contributed by atoms with Gasteiger partial charge in [-0.3, -0.25) is 0 Å². The zero-order chi connectivity index (χ0) is 22.2. The Morgan fingerprint density at radius 1 is 1.13 bits per heavy atom. The van der Waals surface area contributed by atoms with Crippen LogP contribution in [0.15, 0.2) is 48.5 Å². The fourth-order valence-corrected chi connectivity index (χ4v) is 3.65. The van der Waals surface area contributed by atoms with E-state index in [1.54, 1.807) is 27.2 Å². The number of carbonyl (C=O) groups excluding carboxylic acids is 2. The topological polar surface area (TPSA) is 77.1 Å². The Labute approximate surface area is 182 Å². The lowest BCUT2D eigenvalue weighted by atomic mass is 10.0. The molecule has 1 aliphatic rings. The van der Waals surface area contributed by atoms with E-state index in [0.717, 1.165) is 24.0 Å². The first-order chi connectivity index (χ1) is 15.0. The highest BCUT2D eigenvalue weighted by atomic mass is 16.5. The lowest BCUT2D eigenvalue weighted by Crippen LogP contribution is -2.34. The van der Waals surface area contributed by atoms with Crippen LogP contribution < -0.4 is 14.8 Å². The Balaban J connectivity index is 1.68. The number of esters is 1. The van der Waals surface area contributed by atoms with Gasteiger partial charge in [0.15, 0.2) is 0 Å². The van der Waals surface area contributed by atoms with Crippen molar-refractivity contribution in [3.8, 4) is 11.5 Å². The van der Waals surface area contributed by atoms with E-state index in [0.29, 0.717) is 30.3 Å². The number of hydrogen-bond donors (Lipinski definition) is 1. The third-order valence-electron chi connectivity index (χ3n) is 5.17. The highest BCUT2D eigenvalue weighted by molar-refractivity contribution is 5.90. The van der Waals surface area contributed by atoms with Gasteiger partial charge in [-0.05, 0) is 55.7 Å². The summed E-state index contributed by atoms with van der Waals surface area (Å²) in [6.45, 7) is 2.78. The Kier molecular flexibility index (Phi) is 7.54. The SMILES string of the molecule is CCOC(=O)/C=C\c1ccc(NC(=O)N2CCC[C@@H]2c2ccc(OC)cc2OC)cc1. The van der Waals surface area contributed by atoms with Crippen LogP contribution in [-0.2, 0) is 9.53 Å². The molecule has 0 radical (unpaired) electrons. The second-order valence-electron chi connectivity index (χ2n) is 7.10. The molecule has 1 heterocycles. The molecular formula is C24H28N2O5. The number of benzene rings is 2. The largest absolute Gasteiger partial charge is 0.497 e. The van der Waals surface area contributed by atoms with Crippen LogP contribution in [0.3, 0.4) is 0 Å². The summed E-state index contributed by atoms with van der Waals surface area (Å²) in [7, 11) is 3.23. The standard InChI is InChI=1S/C24H28N2O5/c1-4-31-23(27)14-9-17-7-10-18(11-8-17)25-24(28)26-15-5-6-21(26)20-13-12-19(29-2)16-22(20)30-3/h7-14,16,21H,4-6,15H2,1-3H3,(H,25,28)/b14-9-/t21-/m1/s1. The minimum Gasteiger partial charge on any atom is -0.497 e. The first kappa shape index (κ1) is 22.2. The Bertz CT molecular complexity index is 939. The molecule has 0 saturated carbocycles. The summed E-state index contributed by atoms with van der Waals surface area (Å²) in [5, 5.41) is 2.96. The molecule has 1 aliphatic heterocycles. The monoisotopic (exact) mass is 424 g/mol. The third-order valence-corrected chi connectivity index (χ3v) is 5.17. The number of likely N-dealkylation sites (tertiary alicyclic amines) is 1. The van der Waals surface area contributed by atoms with Crippen LogP contribution in [0, 0.1) is 0 Å². The van der Waals surface area contributed by atoms with Crippen molar-refractivity contribution >= 4 is 23.8 Å². The Morgan fingerprint density at radius 3 is 2.58 bits per heavy atom. The molecule has 164 valence electrons. The number of carbonyl (C=O) groups is 2. The van der Waals surface area contributed by atoms with Gasteiger partial charge in [-0.15, -0.1) is 0 Å². The first-order valence-electron chi connectivity index (χ1n) is 10.3. The van der Waals surface area contributed by atoms with Crippen molar-refractivity contribution in [1.29, 1.82) is 0 Å². The van der Waals surface area contributed by atoms with Crippen molar-refractivity contribution in [3.05, 3.63) is 59.7 Å². The quantitative estimate of drug-likeness (QED) is 0.517. The first-order valence-corrected chi connectivity index (χ1v) is 10.3. The van der Waals surface area contributed by atoms with Crippen molar-refractivity contribution in [2.24, 2.45) is 0 Å². The average Bonchev–Trinajstić information content (AvgIpc) is 3.28. The second-order valence-corrected chi connectivity index (χ2v) is 7.10. The Hall–Kier alpha value is -3.48. The molecule has 0 bridgehead atoms. The summed E-state index contributed by atoms with van der Waals surface area (Å²) < 4.78 is 15.7. The van der Waals surface area contributed by atoms with Gasteiger partial charge < -0.3 is 24.4 Å². The summed E-state index contributed by atoms with van der Waals surface area (Å²) in [6.07, 6.45) is 4.85. The van der Waals surface area contributed by atoms with Crippen LogP contribution in [0.5, 0.6) is 11.5 Å². The van der Waals surface area contributed by atoms with Crippen molar-refractivity contribution in [2.75, 3.05) is 32.7 Å². The van der Waals surface area contributed by atoms with Gasteiger partial charge in [-0.1, -0.05) is 12.1 Å². The summed E-state index contributed by atoms with van der Waals surface area (Å²) >= 11 is 0. The van der Waals surface area contributed by atoms with Crippen molar-refractivity contribution in [3.63, 3.8) is 0 Å². The molecule has 31 heavy (non-hydrogen) atoms. The van der Waals surface area contributed by atoms with E-state index in [1.165, 1.54) is 6.08 Å². The highest BCUT2D eigenvalue weighted by Crippen LogP contribution is 2.38. The predicted octanol–water partition coefficient (Wildman–Crippen LogP) is 4.65. The van der Waals surface area contributed by atoms with Crippen molar-refractivity contribution in [1.82, 2.24) is 4.90 Å². The van der Waals surface area contributed by atoms with Crippen LogP contribution in [0.2, 0.25) is 0 Å². The summed E-state index contributed by atoms with van der Waals surface area (Å²) in [4.78, 5) is 26.2. The maximum Gasteiger partial charge on any atom is 0.330 e. The fraction of sp³-hybridized carbons (Fsp3) is 0.333. The number of amides is 2. The number of hydrogen-bond acceptors (Lipinski definition) is 5. The number of nitrogens with one attached hydrogen (secondary N) is 1. The van der Waals surface area contributed by atoms with Gasteiger partial charge in [-0.25, -0.2) is 9.59 Å². The van der Waals surface area contributed by atoms with Crippen LogP contribution in [0.25, 0.3) is 6.08 Å². The van der Waals surface area contributed by atoms with Gasteiger partial charge in [-0.2, -0.15) is 0 Å². The smallest absolute Gasteiger partial charge is 0.330 e. The number of methoxy groups -OCH3 is 2. The molecule has 0 unspecified atom stereocenters. The summed E-state index contributed by atoms with van der Waals surface area (Å²) in [6, 6.07) is 12.7. The lowest BCUT2D eigenvalue weighted by molar-refractivity contribution is -0.137. The van der Waals surface area contributed by atoms with Crippen LogP contribution in [0.1, 0.15) is 36.9 Å². The van der Waals surface area contributed by atoms with Gasteiger partial charge in [0.1, 0.15) is 11.5 Å². The number of urea groups is 1. The third kappa shape index (κ3) is 5.57. The molecule has 7 heteroatoms. The van der Waals surface area contributed by atoms with Crippen molar-refractivity contribution in [2.45, 2.75) is 25.8 Å². The van der Waals surface area contributed by atoms with E-state index in [4.69, 9.17) is 14.2 Å². The van der Waals surface area contributed by atoms with Crippen LogP contribution in [0.4, 0.5) is 10.5 Å². The molecule has 2 amide bonds. The fourth-order valence-electron chi connectivity index (χ4n) is 3.65. The number of rotatable bonds is 7. The molecule has 1 fully saturated rings. The maximum absolute atomic E-state index is 13.0. The zero-order valence-electron chi connectivity index (χ0n) is 18.1. The summed E-state index contributed by atoms with van der Waals surface area (Å²) in [5.74, 6) is 1.04. The van der Waals surface area contributed by atoms with Gasteiger partial charge in [0, 0.05) is 29.9 Å². The minimum absolute atomic E-state index is 0.0624. The molecule has 0 spiro atoms. The molecule has 1 atom stereocenters. The normalized spacial score (nSPS) is 15.7. The predicted molar refractivity (Wildman–Crippen MR) is 119 cm³/mol. The van der Waals surface area contributed by atoms with E-state index in [1.807, 2.05) is 47.4 Å². The highest BCUT2D eigenvalue weighted by Gasteiger charge is 2.32. The minimum atomic E-state index is -0.381. The van der Waals surface area contributed by atoms with Crippen LogP contribution in [-0.4, -0.2) is 44.3 Å². The molecule has 0 aliphatic carbocycles. The zero-order valence-corrected chi connectivity index (χ0v) is 18.1. The molecule has 1 saturated heterocycles. The number of anilines is 1. The molecule has 1 N–H and O–H groups in total.